The fourth-order valence-corrected chi connectivity index (χ4v) is 3.02. The SMILES string of the molecule is Cc1cc(Cn2c(C(N)=O)cnc2N)cc(C)c1OCc1ccccc1. The number of rotatable bonds is 6. The van der Waals surface area contributed by atoms with Crippen molar-refractivity contribution in [3.8, 4) is 5.75 Å². The maximum absolute atomic E-state index is 11.5. The summed E-state index contributed by atoms with van der Waals surface area (Å²) in [6, 6.07) is 14.1. The molecule has 0 bridgehead atoms. The zero-order chi connectivity index (χ0) is 18.7. The molecule has 0 saturated carbocycles. The van der Waals surface area contributed by atoms with Crippen LogP contribution < -0.4 is 16.2 Å². The van der Waals surface area contributed by atoms with Crippen LogP contribution in [-0.2, 0) is 13.2 Å². The number of hydrogen-bond donors (Lipinski definition) is 2. The third-order valence-electron chi connectivity index (χ3n) is 4.23. The van der Waals surface area contributed by atoms with Crippen molar-refractivity contribution in [2.75, 3.05) is 5.73 Å². The second kappa shape index (κ2) is 7.31. The van der Waals surface area contributed by atoms with E-state index >= 15 is 0 Å². The summed E-state index contributed by atoms with van der Waals surface area (Å²) in [4.78, 5) is 15.5. The van der Waals surface area contributed by atoms with Crippen molar-refractivity contribution in [1.29, 1.82) is 0 Å². The topological polar surface area (TPSA) is 96.2 Å². The highest BCUT2D eigenvalue weighted by atomic mass is 16.5. The summed E-state index contributed by atoms with van der Waals surface area (Å²) in [6.45, 7) is 4.94. The Kier molecular flexibility index (Phi) is 4.93. The molecule has 134 valence electrons. The number of amides is 1. The molecule has 26 heavy (non-hydrogen) atoms. The van der Waals surface area contributed by atoms with Gasteiger partial charge < -0.3 is 20.8 Å². The van der Waals surface area contributed by atoms with Crippen molar-refractivity contribution < 1.29 is 9.53 Å². The number of nitrogen functional groups attached to an aromatic ring is 1. The van der Waals surface area contributed by atoms with Crippen LogP contribution in [0.3, 0.4) is 0 Å². The van der Waals surface area contributed by atoms with Gasteiger partial charge in [0.2, 0.25) is 5.95 Å². The van der Waals surface area contributed by atoms with Crippen LogP contribution in [0.2, 0.25) is 0 Å². The van der Waals surface area contributed by atoms with Crippen LogP contribution in [0.15, 0.2) is 48.7 Å². The molecule has 0 aliphatic heterocycles. The summed E-state index contributed by atoms with van der Waals surface area (Å²) < 4.78 is 7.62. The van der Waals surface area contributed by atoms with Crippen LogP contribution in [-0.4, -0.2) is 15.5 Å². The van der Waals surface area contributed by atoms with Crippen LogP contribution in [0.1, 0.15) is 32.7 Å². The number of anilines is 1. The maximum Gasteiger partial charge on any atom is 0.267 e. The second-order valence-corrected chi connectivity index (χ2v) is 6.29. The predicted octanol–water partition coefficient (Wildman–Crippen LogP) is 2.81. The van der Waals surface area contributed by atoms with E-state index in [1.165, 1.54) is 6.20 Å². The van der Waals surface area contributed by atoms with Crippen LogP contribution in [0.4, 0.5) is 5.95 Å². The lowest BCUT2D eigenvalue weighted by molar-refractivity contribution is 0.0992. The predicted molar refractivity (Wildman–Crippen MR) is 101 cm³/mol. The van der Waals surface area contributed by atoms with Gasteiger partial charge in [-0.3, -0.25) is 4.79 Å². The zero-order valence-corrected chi connectivity index (χ0v) is 14.9. The second-order valence-electron chi connectivity index (χ2n) is 6.29. The van der Waals surface area contributed by atoms with E-state index in [0.717, 1.165) is 28.0 Å². The average molecular weight is 350 g/mol. The van der Waals surface area contributed by atoms with Gasteiger partial charge in [0.15, 0.2) is 0 Å². The highest BCUT2D eigenvalue weighted by Gasteiger charge is 2.14. The Balaban J connectivity index is 1.81. The van der Waals surface area contributed by atoms with E-state index in [2.05, 4.69) is 4.98 Å². The van der Waals surface area contributed by atoms with Crippen molar-refractivity contribution in [2.24, 2.45) is 5.73 Å². The van der Waals surface area contributed by atoms with E-state index in [-0.39, 0.29) is 5.95 Å². The summed E-state index contributed by atoms with van der Waals surface area (Å²) in [7, 11) is 0. The van der Waals surface area contributed by atoms with Crippen LogP contribution in [0.25, 0.3) is 0 Å². The Labute approximate surface area is 152 Å². The third-order valence-corrected chi connectivity index (χ3v) is 4.23. The first kappa shape index (κ1) is 17.5. The largest absolute Gasteiger partial charge is 0.488 e. The highest BCUT2D eigenvalue weighted by molar-refractivity contribution is 5.91. The maximum atomic E-state index is 11.5. The van der Waals surface area contributed by atoms with Gasteiger partial charge in [0.25, 0.3) is 5.91 Å². The van der Waals surface area contributed by atoms with Gasteiger partial charge in [-0.1, -0.05) is 42.5 Å². The Morgan fingerprint density at radius 3 is 2.38 bits per heavy atom. The summed E-state index contributed by atoms with van der Waals surface area (Å²) in [6.07, 6.45) is 1.40. The Hall–Kier alpha value is -3.28. The van der Waals surface area contributed by atoms with Gasteiger partial charge in [-0.2, -0.15) is 0 Å². The number of carbonyl (C=O) groups is 1. The first-order valence-electron chi connectivity index (χ1n) is 8.33. The molecule has 4 N–H and O–H groups in total. The van der Waals surface area contributed by atoms with E-state index in [1.54, 1.807) is 4.57 Å². The lowest BCUT2D eigenvalue weighted by atomic mass is 10.1. The number of nitrogens with two attached hydrogens (primary N) is 2. The normalized spacial score (nSPS) is 10.7. The smallest absolute Gasteiger partial charge is 0.267 e. The number of imidazole rings is 1. The Bertz CT molecular complexity index is 909. The van der Waals surface area contributed by atoms with E-state index in [9.17, 15) is 4.79 Å². The molecule has 6 nitrogen and oxygen atoms in total. The lowest BCUT2D eigenvalue weighted by Crippen LogP contribution is -2.18. The molecule has 0 saturated heterocycles. The fraction of sp³-hybridized carbons (Fsp3) is 0.200. The van der Waals surface area contributed by atoms with Crippen molar-refractivity contribution in [3.05, 3.63) is 76.6 Å². The molecule has 0 atom stereocenters. The third kappa shape index (κ3) is 3.69. The Morgan fingerprint density at radius 2 is 1.77 bits per heavy atom. The molecule has 0 unspecified atom stereocenters. The van der Waals surface area contributed by atoms with Gasteiger partial charge in [0.1, 0.15) is 18.1 Å². The number of ether oxygens (including phenoxy) is 1. The molecule has 0 spiro atoms. The van der Waals surface area contributed by atoms with Gasteiger partial charge in [-0.15, -0.1) is 0 Å². The molecule has 0 aliphatic carbocycles. The standard InChI is InChI=1S/C20H22N4O2/c1-13-8-16(11-24-17(19(21)25)10-23-20(24)22)9-14(2)18(13)26-12-15-6-4-3-5-7-15/h3-10H,11-12H2,1-2H3,(H2,21,25)(H2,22,23). The summed E-state index contributed by atoms with van der Waals surface area (Å²) in [5.41, 5.74) is 15.7. The van der Waals surface area contributed by atoms with E-state index in [0.29, 0.717) is 18.8 Å². The van der Waals surface area contributed by atoms with Crippen molar-refractivity contribution in [2.45, 2.75) is 27.0 Å². The minimum atomic E-state index is -0.551. The number of primary amides is 1. The van der Waals surface area contributed by atoms with Gasteiger partial charge in [-0.25, -0.2) is 4.98 Å². The van der Waals surface area contributed by atoms with E-state index in [1.807, 2.05) is 56.3 Å². The van der Waals surface area contributed by atoms with Crippen LogP contribution in [0.5, 0.6) is 5.75 Å². The molecule has 0 radical (unpaired) electrons. The van der Waals surface area contributed by atoms with Crippen molar-refractivity contribution >= 4 is 11.9 Å². The number of hydrogen-bond acceptors (Lipinski definition) is 4. The average Bonchev–Trinajstić information content (AvgIpc) is 2.96. The first-order chi connectivity index (χ1) is 12.5. The minimum Gasteiger partial charge on any atom is -0.488 e. The molecule has 3 aromatic rings. The zero-order valence-electron chi connectivity index (χ0n) is 14.9. The molecule has 1 heterocycles. The van der Waals surface area contributed by atoms with Crippen molar-refractivity contribution in [3.63, 3.8) is 0 Å². The summed E-state index contributed by atoms with van der Waals surface area (Å²) >= 11 is 0. The van der Waals surface area contributed by atoms with E-state index in [4.69, 9.17) is 16.2 Å². The number of aryl methyl sites for hydroxylation is 2. The van der Waals surface area contributed by atoms with Gasteiger partial charge in [0, 0.05) is 0 Å². The molecule has 1 aromatic heterocycles. The number of aromatic nitrogens is 2. The summed E-state index contributed by atoms with van der Waals surface area (Å²) in [5.74, 6) is 0.579. The number of benzene rings is 2. The first-order valence-corrected chi connectivity index (χ1v) is 8.33. The minimum absolute atomic E-state index is 0.263. The molecule has 0 fully saturated rings. The number of nitrogens with zero attached hydrogens (tertiary/aromatic N) is 2. The monoisotopic (exact) mass is 350 g/mol. The van der Waals surface area contributed by atoms with Gasteiger partial charge in [0.05, 0.1) is 12.7 Å². The van der Waals surface area contributed by atoms with Crippen molar-refractivity contribution in [1.82, 2.24) is 9.55 Å². The highest BCUT2D eigenvalue weighted by Crippen LogP contribution is 2.26. The number of carbonyl (C=O) groups excluding carboxylic acids is 1. The summed E-state index contributed by atoms with van der Waals surface area (Å²) in [5, 5.41) is 0. The fourth-order valence-electron chi connectivity index (χ4n) is 3.02. The molecular formula is C20H22N4O2. The Morgan fingerprint density at radius 1 is 1.12 bits per heavy atom. The van der Waals surface area contributed by atoms with Crippen LogP contribution in [0, 0.1) is 13.8 Å². The molecule has 2 aromatic carbocycles. The molecule has 6 heteroatoms. The van der Waals surface area contributed by atoms with Crippen LogP contribution >= 0.6 is 0 Å². The molecule has 3 rings (SSSR count). The molecule has 0 aliphatic rings. The molecular weight excluding hydrogens is 328 g/mol. The molecule has 1 amide bonds. The lowest BCUT2D eigenvalue weighted by Gasteiger charge is -2.15. The van der Waals surface area contributed by atoms with Gasteiger partial charge in [-0.05, 0) is 36.1 Å². The van der Waals surface area contributed by atoms with Gasteiger partial charge >= 0.3 is 0 Å². The van der Waals surface area contributed by atoms with E-state index < -0.39 is 5.91 Å². The quantitative estimate of drug-likeness (QED) is 0.714.